The highest BCUT2D eigenvalue weighted by Gasteiger charge is 2.21. The standard InChI is InChI=1S/C36H27O3P/c1-4-13-28(14-5-1)31-19-10-22-34(25-31)37-40(38-35-23-11-20-32(26-35)29-15-6-2-7-16-29)39-36-24-12-21-33(27-36)30-17-8-3-9-18-30/h1-27H. The van der Waals surface area contributed by atoms with Crippen LogP contribution >= 0.6 is 8.60 Å². The largest absolute Gasteiger partial charge is 0.530 e. The Morgan fingerprint density at radius 3 is 0.850 bits per heavy atom. The van der Waals surface area contributed by atoms with Crippen LogP contribution < -0.4 is 13.6 Å². The Hall–Kier alpha value is -4.85. The third kappa shape index (κ3) is 6.40. The molecule has 0 radical (unpaired) electrons. The Labute approximate surface area is 236 Å². The van der Waals surface area contributed by atoms with E-state index in [-0.39, 0.29) is 0 Å². The van der Waals surface area contributed by atoms with Crippen molar-refractivity contribution in [3.63, 3.8) is 0 Å². The zero-order valence-electron chi connectivity index (χ0n) is 21.8. The minimum absolute atomic E-state index is 0.672. The number of hydrogen-bond donors (Lipinski definition) is 0. The summed E-state index contributed by atoms with van der Waals surface area (Å²) in [4.78, 5) is 0. The molecule has 6 aromatic rings. The summed E-state index contributed by atoms with van der Waals surface area (Å²) < 4.78 is 19.2. The van der Waals surface area contributed by atoms with Crippen molar-refractivity contribution in [1.82, 2.24) is 0 Å². The molecule has 6 rings (SSSR count). The van der Waals surface area contributed by atoms with E-state index in [1.54, 1.807) is 0 Å². The maximum absolute atomic E-state index is 6.40. The van der Waals surface area contributed by atoms with Crippen molar-refractivity contribution in [3.8, 4) is 50.6 Å². The van der Waals surface area contributed by atoms with E-state index < -0.39 is 8.60 Å². The molecule has 0 N–H and O–H groups in total. The maximum Gasteiger partial charge on any atom is 0.530 e. The van der Waals surface area contributed by atoms with Crippen molar-refractivity contribution in [1.29, 1.82) is 0 Å². The van der Waals surface area contributed by atoms with Crippen molar-refractivity contribution in [3.05, 3.63) is 164 Å². The molecular formula is C36H27O3P. The molecule has 0 amide bonds. The summed E-state index contributed by atoms with van der Waals surface area (Å²) in [6.45, 7) is 0. The molecule has 0 aliphatic heterocycles. The van der Waals surface area contributed by atoms with Gasteiger partial charge in [0.15, 0.2) is 0 Å². The SMILES string of the molecule is c1ccc(-c2cccc(OP(Oc3cccc(-c4ccccc4)c3)Oc3cccc(-c4ccccc4)c3)c2)cc1. The van der Waals surface area contributed by atoms with Crippen LogP contribution in [-0.4, -0.2) is 0 Å². The fourth-order valence-corrected chi connectivity index (χ4v) is 5.37. The zero-order chi connectivity index (χ0) is 27.0. The van der Waals surface area contributed by atoms with Gasteiger partial charge in [-0.25, -0.2) is 0 Å². The highest BCUT2D eigenvalue weighted by molar-refractivity contribution is 7.43. The molecule has 3 nitrogen and oxygen atoms in total. The van der Waals surface area contributed by atoms with Crippen LogP contribution in [0.3, 0.4) is 0 Å². The molecule has 194 valence electrons. The van der Waals surface area contributed by atoms with Crippen LogP contribution in [0.25, 0.3) is 33.4 Å². The third-order valence-corrected chi connectivity index (χ3v) is 7.44. The smallest absolute Gasteiger partial charge is 0.408 e. The quantitative estimate of drug-likeness (QED) is 0.171. The molecule has 0 saturated heterocycles. The van der Waals surface area contributed by atoms with E-state index in [4.69, 9.17) is 13.6 Å². The van der Waals surface area contributed by atoms with E-state index in [1.165, 1.54) is 0 Å². The third-order valence-electron chi connectivity index (χ3n) is 6.36. The molecule has 0 heterocycles. The Balaban J connectivity index is 1.30. The van der Waals surface area contributed by atoms with Crippen molar-refractivity contribution >= 4 is 8.60 Å². The van der Waals surface area contributed by atoms with Crippen LogP contribution in [0.1, 0.15) is 0 Å². The topological polar surface area (TPSA) is 27.7 Å². The van der Waals surface area contributed by atoms with Gasteiger partial charge in [-0.3, -0.25) is 0 Å². The molecule has 0 spiro atoms. The fourth-order valence-electron chi connectivity index (χ4n) is 4.40. The summed E-state index contributed by atoms with van der Waals surface area (Å²) in [5, 5.41) is 0. The van der Waals surface area contributed by atoms with Crippen LogP contribution in [0.2, 0.25) is 0 Å². The number of rotatable bonds is 9. The van der Waals surface area contributed by atoms with Crippen molar-refractivity contribution in [2.24, 2.45) is 0 Å². The van der Waals surface area contributed by atoms with E-state index in [1.807, 2.05) is 109 Å². The molecule has 0 atom stereocenters. The second-order valence-electron chi connectivity index (χ2n) is 9.18. The van der Waals surface area contributed by atoms with Gasteiger partial charge >= 0.3 is 8.60 Å². The summed E-state index contributed by atoms with van der Waals surface area (Å²) in [5.74, 6) is 2.02. The van der Waals surface area contributed by atoms with Gasteiger partial charge in [-0.05, 0) is 69.8 Å². The monoisotopic (exact) mass is 538 g/mol. The summed E-state index contributed by atoms with van der Waals surface area (Å²) in [5.41, 5.74) is 6.53. The molecule has 0 bridgehead atoms. The van der Waals surface area contributed by atoms with E-state index >= 15 is 0 Å². The average Bonchev–Trinajstić information content (AvgIpc) is 3.03. The summed E-state index contributed by atoms with van der Waals surface area (Å²) in [6, 6.07) is 54.7. The van der Waals surface area contributed by atoms with Gasteiger partial charge in [0, 0.05) is 0 Å². The van der Waals surface area contributed by atoms with Gasteiger partial charge in [-0.2, -0.15) is 0 Å². The predicted molar refractivity (Wildman–Crippen MR) is 164 cm³/mol. The minimum Gasteiger partial charge on any atom is -0.408 e. The normalized spacial score (nSPS) is 10.7. The molecule has 40 heavy (non-hydrogen) atoms. The van der Waals surface area contributed by atoms with Gasteiger partial charge in [0.25, 0.3) is 0 Å². The zero-order valence-corrected chi connectivity index (χ0v) is 22.7. The first-order valence-corrected chi connectivity index (χ1v) is 14.2. The van der Waals surface area contributed by atoms with Gasteiger partial charge in [-0.1, -0.05) is 127 Å². The first-order valence-electron chi connectivity index (χ1n) is 13.1. The van der Waals surface area contributed by atoms with E-state index in [2.05, 4.69) is 54.6 Å². The Bertz CT molecular complexity index is 1470. The van der Waals surface area contributed by atoms with E-state index in [0.717, 1.165) is 33.4 Å². The Morgan fingerprint density at radius 1 is 0.275 bits per heavy atom. The lowest BCUT2D eigenvalue weighted by atomic mass is 10.1. The Morgan fingerprint density at radius 2 is 0.550 bits per heavy atom. The molecule has 4 heteroatoms. The van der Waals surface area contributed by atoms with Gasteiger partial charge in [-0.15, -0.1) is 0 Å². The van der Waals surface area contributed by atoms with Crippen LogP contribution in [0.4, 0.5) is 0 Å². The van der Waals surface area contributed by atoms with E-state index in [9.17, 15) is 0 Å². The minimum atomic E-state index is -1.83. The highest BCUT2D eigenvalue weighted by Crippen LogP contribution is 2.44. The molecule has 0 unspecified atom stereocenters. The van der Waals surface area contributed by atoms with Gasteiger partial charge in [0.05, 0.1) is 0 Å². The summed E-state index contributed by atoms with van der Waals surface area (Å²) >= 11 is 0. The van der Waals surface area contributed by atoms with Crippen LogP contribution in [0.5, 0.6) is 17.2 Å². The van der Waals surface area contributed by atoms with Gasteiger partial charge in [0.1, 0.15) is 17.2 Å². The fraction of sp³-hybridized carbons (Fsp3) is 0. The van der Waals surface area contributed by atoms with Crippen molar-refractivity contribution < 1.29 is 13.6 Å². The molecule has 0 aliphatic rings. The first-order chi connectivity index (χ1) is 19.8. The Kier molecular flexibility index (Phi) is 7.84. The van der Waals surface area contributed by atoms with Crippen LogP contribution in [-0.2, 0) is 0 Å². The summed E-state index contributed by atoms with van der Waals surface area (Å²) in [7, 11) is -1.83. The van der Waals surface area contributed by atoms with E-state index in [0.29, 0.717) is 17.2 Å². The lowest BCUT2D eigenvalue weighted by Gasteiger charge is -2.19. The van der Waals surface area contributed by atoms with Crippen molar-refractivity contribution in [2.45, 2.75) is 0 Å². The van der Waals surface area contributed by atoms with Gasteiger partial charge < -0.3 is 13.6 Å². The lowest BCUT2D eigenvalue weighted by molar-refractivity contribution is 0.388. The number of hydrogen-bond acceptors (Lipinski definition) is 3. The number of benzene rings is 6. The first kappa shape index (κ1) is 25.4. The predicted octanol–water partition coefficient (Wildman–Crippen LogP) is 10.5. The summed E-state index contributed by atoms with van der Waals surface area (Å²) in [6.07, 6.45) is 0. The van der Waals surface area contributed by atoms with Crippen molar-refractivity contribution in [2.75, 3.05) is 0 Å². The molecule has 0 saturated carbocycles. The second kappa shape index (κ2) is 12.3. The maximum atomic E-state index is 6.40. The molecule has 6 aromatic carbocycles. The lowest BCUT2D eigenvalue weighted by Crippen LogP contribution is -2.02. The molecule has 0 aliphatic carbocycles. The molecule has 0 fully saturated rings. The second-order valence-corrected chi connectivity index (χ2v) is 10.2. The van der Waals surface area contributed by atoms with Crippen LogP contribution in [0, 0.1) is 0 Å². The van der Waals surface area contributed by atoms with Crippen LogP contribution in [0.15, 0.2) is 164 Å². The highest BCUT2D eigenvalue weighted by atomic mass is 31.2. The van der Waals surface area contributed by atoms with Gasteiger partial charge in [0.2, 0.25) is 0 Å². The molecule has 0 aromatic heterocycles. The molecular weight excluding hydrogens is 511 g/mol. The average molecular weight is 539 g/mol.